The van der Waals surface area contributed by atoms with Gasteiger partial charge in [-0.15, -0.1) is 0 Å². The number of carbonyl (C=O) groups excluding carboxylic acids is 1. The van der Waals surface area contributed by atoms with Crippen LogP contribution in [0.2, 0.25) is 0 Å². The summed E-state index contributed by atoms with van der Waals surface area (Å²) >= 11 is 0. The number of carbonyl (C=O) groups is 1. The summed E-state index contributed by atoms with van der Waals surface area (Å²) in [6.07, 6.45) is -0.589. The van der Waals surface area contributed by atoms with Crippen LogP contribution in [0.5, 0.6) is 5.75 Å². The second-order valence-electron chi connectivity index (χ2n) is 4.83. The molecule has 1 heterocycles. The van der Waals surface area contributed by atoms with E-state index >= 15 is 0 Å². The van der Waals surface area contributed by atoms with E-state index in [9.17, 15) is 9.18 Å². The lowest BCUT2D eigenvalue weighted by molar-refractivity contribution is -0.127. The molecule has 5 heteroatoms. The Hall–Kier alpha value is -2.56. The third-order valence-electron chi connectivity index (χ3n) is 3.28. The molecule has 0 saturated heterocycles. The lowest BCUT2D eigenvalue weighted by atomic mass is 10.2. The van der Waals surface area contributed by atoms with Crippen molar-refractivity contribution in [2.75, 3.05) is 11.9 Å². The van der Waals surface area contributed by atoms with Crippen LogP contribution in [0.4, 0.5) is 10.1 Å². The fourth-order valence-corrected chi connectivity index (χ4v) is 2.21. The molecule has 3 rings (SSSR count). The van der Waals surface area contributed by atoms with Crippen molar-refractivity contribution in [3.8, 4) is 5.75 Å². The maximum Gasteiger partial charge on any atom is 0.263 e. The Kier molecular flexibility index (Phi) is 3.73. The molecule has 1 unspecified atom stereocenters. The molecule has 0 radical (unpaired) electrons. The van der Waals surface area contributed by atoms with Crippen LogP contribution in [0.15, 0.2) is 48.5 Å². The van der Waals surface area contributed by atoms with Gasteiger partial charge in [-0.25, -0.2) is 4.39 Å². The topological polar surface area (TPSA) is 50.4 Å². The number of anilines is 1. The molecule has 0 saturated carbocycles. The van der Waals surface area contributed by atoms with Gasteiger partial charge in [0.05, 0.1) is 12.2 Å². The maximum atomic E-state index is 13.1. The highest BCUT2D eigenvalue weighted by Gasteiger charge is 2.25. The molecule has 0 fully saturated rings. The molecule has 0 spiro atoms. The average molecular weight is 286 g/mol. The normalized spacial score (nSPS) is 16.3. The first kappa shape index (κ1) is 13.4. The van der Waals surface area contributed by atoms with Crippen LogP contribution >= 0.6 is 0 Å². The van der Waals surface area contributed by atoms with Crippen molar-refractivity contribution in [2.24, 2.45) is 0 Å². The molecule has 1 aliphatic rings. The zero-order valence-corrected chi connectivity index (χ0v) is 11.3. The van der Waals surface area contributed by atoms with Gasteiger partial charge in [0.15, 0.2) is 6.10 Å². The lowest BCUT2D eigenvalue weighted by Gasteiger charge is -2.26. The molecule has 1 aliphatic heterocycles. The van der Waals surface area contributed by atoms with Crippen LogP contribution in [0.25, 0.3) is 0 Å². The quantitative estimate of drug-likeness (QED) is 0.910. The van der Waals surface area contributed by atoms with Gasteiger partial charge in [-0.2, -0.15) is 0 Å². The van der Waals surface area contributed by atoms with Crippen molar-refractivity contribution in [1.29, 1.82) is 0 Å². The molecule has 0 aliphatic carbocycles. The van der Waals surface area contributed by atoms with Gasteiger partial charge in [-0.3, -0.25) is 4.79 Å². The molecule has 108 valence electrons. The number of halogens is 1. The van der Waals surface area contributed by atoms with Crippen LogP contribution in [0, 0.1) is 5.82 Å². The Morgan fingerprint density at radius 3 is 3.00 bits per heavy atom. The second kappa shape index (κ2) is 5.83. The minimum atomic E-state index is -0.589. The molecule has 0 bridgehead atoms. The second-order valence-corrected chi connectivity index (χ2v) is 4.83. The van der Waals surface area contributed by atoms with E-state index in [0.717, 1.165) is 5.69 Å². The minimum absolute atomic E-state index is 0.221. The van der Waals surface area contributed by atoms with Crippen molar-refractivity contribution in [3.63, 3.8) is 0 Å². The van der Waals surface area contributed by atoms with Crippen LogP contribution in [-0.4, -0.2) is 18.6 Å². The fourth-order valence-electron chi connectivity index (χ4n) is 2.21. The van der Waals surface area contributed by atoms with E-state index in [1.165, 1.54) is 12.1 Å². The predicted octanol–water partition coefficient (Wildman–Crippen LogP) is 2.31. The van der Waals surface area contributed by atoms with Gasteiger partial charge in [-0.05, 0) is 29.8 Å². The zero-order valence-electron chi connectivity index (χ0n) is 11.3. The van der Waals surface area contributed by atoms with Gasteiger partial charge in [0.25, 0.3) is 5.91 Å². The number of ether oxygens (including phenoxy) is 1. The number of para-hydroxylation sites is 2. The Balaban J connectivity index is 1.59. The number of amides is 1. The van der Waals surface area contributed by atoms with Crippen LogP contribution in [0.1, 0.15) is 5.56 Å². The predicted molar refractivity (Wildman–Crippen MR) is 77.6 cm³/mol. The Bertz CT molecular complexity index is 660. The van der Waals surface area contributed by atoms with Gasteiger partial charge >= 0.3 is 0 Å². The van der Waals surface area contributed by atoms with Crippen molar-refractivity contribution < 1.29 is 13.9 Å². The third-order valence-corrected chi connectivity index (χ3v) is 3.28. The smallest absolute Gasteiger partial charge is 0.263 e. The number of benzene rings is 2. The lowest BCUT2D eigenvalue weighted by Crippen LogP contribution is -2.44. The van der Waals surface area contributed by atoms with Gasteiger partial charge < -0.3 is 15.4 Å². The molecule has 2 N–H and O–H groups in total. The highest BCUT2D eigenvalue weighted by Crippen LogP contribution is 2.28. The summed E-state index contributed by atoms with van der Waals surface area (Å²) in [5, 5.41) is 5.91. The first-order valence-corrected chi connectivity index (χ1v) is 6.74. The maximum absolute atomic E-state index is 13.1. The van der Waals surface area contributed by atoms with Crippen molar-refractivity contribution >= 4 is 11.6 Å². The SMILES string of the molecule is O=C(NCc1cccc(F)c1)C1CNc2ccccc2O1. The van der Waals surface area contributed by atoms with E-state index in [1.54, 1.807) is 12.1 Å². The first-order chi connectivity index (χ1) is 10.2. The molecular weight excluding hydrogens is 271 g/mol. The standard InChI is InChI=1S/C16H15FN2O2/c17-12-5-3-4-11(8-12)9-19-16(20)15-10-18-13-6-1-2-7-14(13)21-15/h1-8,15,18H,9-10H2,(H,19,20). The fraction of sp³-hybridized carbons (Fsp3) is 0.188. The number of nitrogens with one attached hydrogen (secondary N) is 2. The summed E-state index contributed by atoms with van der Waals surface area (Å²) in [5.74, 6) is 0.127. The highest BCUT2D eigenvalue weighted by atomic mass is 19.1. The summed E-state index contributed by atoms with van der Waals surface area (Å²) in [5.41, 5.74) is 1.60. The van der Waals surface area contributed by atoms with E-state index in [-0.39, 0.29) is 18.3 Å². The Labute approximate surface area is 121 Å². The first-order valence-electron chi connectivity index (χ1n) is 6.74. The van der Waals surface area contributed by atoms with Crippen LogP contribution in [0.3, 0.4) is 0 Å². The number of fused-ring (bicyclic) bond motifs is 1. The van der Waals surface area contributed by atoms with Crippen LogP contribution < -0.4 is 15.4 Å². The molecule has 0 aromatic heterocycles. The monoisotopic (exact) mass is 286 g/mol. The summed E-state index contributed by atoms with van der Waals surface area (Å²) in [7, 11) is 0. The molecule has 1 atom stereocenters. The zero-order chi connectivity index (χ0) is 14.7. The van der Waals surface area contributed by atoms with E-state index in [0.29, 0.717) is 17.9 Å². The van der Waals surface area contributed by atoms with E-state index < -0.39 is 6.10 Å². The number of hydrogen-bond acceptors (Lipinski definition) is 3. The van der Waals surface area contributed by atoms with Crippen molar-refractivity contribution in [1.82, 2.24) is 5.32 Å². The van der Waals surface area contributed by atoms with Crippen molar-refractivity contribution in [3.05, 3.63) is 59.9 Å². The third kappa shape index (κ3) is 3.13. The Morgan fingerprint density at radius 2 is 2.14 bits per heavy atom. The van der Waals surface area contributed by atoms with Crippen LogP contribution in [-0.2, 0) is 11.3 Å². The van der Waals surface area contributed by atoms with E-state index in [1.807, 2.05) is 24.3 Å². The van der Waals surface area contributed by atoms with Gasteiger partial charge in [0.1, 0.15) is 11.6 Å². The largest absolute Gasteiger partial charge is 0.477 e. The summed E-state index contributed by atoms with van der Waals surface area (Å²) in [6, 6.07) is 13.6. The molecular formula is C16H15FN2O2. The van der Waals surface area contributed by atoms with E-state index in [4.69, 9.17) is 4.74 Å². The molecule has 4 nitrogen and oxygen atoms in total. The van der Waals surface area contributed by atoms with Crippen molar-refractivity contribution in [2.45, 2.75) is 12.6 Å². The van der Waals surface area contributed by atoms with Gasteiger partial charge in [0.2, 0.25) is 0 Å². The average Bonchev–Trinajstić information content (AvgIpc) is 2.52. The minimum Gasteiger partial charge on any atom is -0.477 e. The Morgan fingerprint density at radius 1 is 1.29 bits per heavy atom. The molecule has 2 aromatic rings. The van der Waals surface area contributed by atoms with Gasteiger partial charge in [-0.1, -0.05) is 24.3 Å². The number of rotatable bonds is 3. The molecule has 1 amide bonds. The summed E-state index contributed by atoms with van der Waals surface area (Å²) in [4.78, 5) is 12.1. The molecule has 2 aromatic carbocycles. The molecule has 21 heavy (non-hydrogen) atoms. The summed E-state index contributed by atoms with van der Waals surface area (Å²) < 4.78 is 18.7. The highest BCUT2D eigenvalue weighted by molar-refractivity contribution is 5.83. The summed E-state index contributed by atoms with van der Waals surface area (Å²) in [6.45, 7) is 0.685. The van der Waals surface area contributed by atoms with Gasteiger partial charge in [0, 0.05) is 6.54 Å². The van der Waals surface area contributed by atoms with E-state index in [2.05, 4.69) is 10.6 Å². The number of hydrogen-bond donors (Lipinski definition) is 2.